The number of benzene rings is 1. The van der Waals surface area contributed by atoms with Crippen LogP contribution in [0.5, 0.6) is 11.5 Å². The van der Waals surface area contributed by atoms with Gasteiger partial charge in [0, 0.05) is 6.07 Å². The Kier molecular flexibility index (Phi) is 6.71. The van der Waals surface area contributed by atoms with Gasteiger partial charge in [0.05, 0.1) is 31.4 Å². The first kappa shape index (κ1) is 21.7. The molecule has 0 radical (unpaired) electrons. The Bertz CT molecular complexity index is 950. The van der Waals surface area contributed by atoms with Crippen LogP contribution in [0, 0.1) is 18.8 Å². The predicted octanol–water partition coefficient (Wildman–Crippen LogP) is 3.10. The summed E-state index contributed by atoms with van der Waals surface area (Å²) in [5.41, 5.74) is 0.860. The van der Waals surface area contributed by atoms with Crippen LogP contribution in [0.4, 0.5) is 0 Å². The molecule has 0 bridgehead atoms. The van der Waals surface area contributed by atoms with Gasteiger partial charge in [0.2, 0.25) is 14.9 Å². The van der Waals surface area contributed by atoms with Gasteiger partial charge in [-0.15, -0.1) is 5.10 Å². The quantitative estimate of drug-likeness (QED) is 0.668. The average Bonchev–Trinajstić information content (AvgIpc) is 3.06. The Morgan fingerprint density at radius 3 is 2.39 bits per heavy atom. The number of hydrogen-bond acceptors (Lipinski definition) is 7. The Morgan fingerprint density at radius 1 is 1.18 bits per heavy atom. The summed E-state index contributed by atoms with van der Waals surface area (Å²) in [5, 5.41) is 16.2. The molecule has 2 atom stereocenters. The van der Waals surface area contributed by atoms with Gasteiger partial charge < -0.3 is 14.6 Å². The van der Waals surface area contributed by atoms with Gasteiger partial charge in [-0.2, -0.15) is 0 Å². The highest BCUT2D eigenvalue weighted by atomic mass is 32.2. The molecule has 0 amide bonds. The molecule has 0 saturated heterocycles. The number of aliphatic hydroxyl groups is 1. The Labute approximate surface area is 165 Å². The third-order valence-corrected chi connectivity index (χ3v) is 7.16. The second-order valence-corrected chi connectivity index (χ2v) is 8.90. The monoisotopic (exact) mass is 409 g/mol. The van der Waals surface area contributed by atoms with Crippen LogP contribution in [0.1, 0.15) is 26.5 Å². The molecular formula is C19H27N3O5S. The van der Waals surface area contributed by atoms with E-state index in [2.05, 4.69) is 10.3 Å². The van der Waals surface area contributed by atoms with E-state index in [4.69, 9.17) is 9.47 Å². The summed E-state index contributed by atoms with van der Waals surface area (Å²) in [6.07, 6.45) is 2.05. The molecule has 2 aromatic rings. The zero-order valence-corrected chi connectivity index (χ0v) is 17.8. The lowest BCUT2D eigenvalue weighted by atomic mass is 9.94. The van der Waals surface area contributed by atoms with Crippen LogP contribution in [-0.2, 0) is 9.84 Å². The van der Waals surface area contributed by atoms with Gasteiger partial charge in [0.25, 0.3) is 0 Å². The molecule has 1 aromatic heterocycles. The largest absolute Gasteiger partial charge is 0.516 e. The van der Waals surface area contributed by atoms with Crippen LogP contribution >= 0.6 is 0 Å². The van der Waals surface area contributed by atoms with Crippen molar-refractivity contribution in [1.29, 1.82) is 0 Å². The Morgan fingerprint density at radius 2 is 1.86 bits per heavy atom. The van der Waals surface area contributed by atoms with Crippen LogP contribution in [0.25, 0.3) is 5.69 Å². The lowest BCUT2D eigenvalue weighted by Gasteiger charge is -2.23. The van der Waals surface area contributed by atoms with E-state index >= 15 is 0 Å². The minimum atomic E-state index is -3.87. The van der Waals surface area contributed by atoms with Crippen LogP contribution in [-0.4, -0.2) is 48.0 Å². The lowest BCUT2D eigenvalue weighted by Crippen LogP contribution is -2.30. The number of aliphatic hydroxyl groups excluding tert-OH is 1. The van der Waals surface area contributed by atoms with Gasteiger partial charge in [-0.1, -0.05) is 26.0 Å². The number of aromatic nitrogens is 3. The first-order valence-corrected chi connectivity index (χ1v) is 10.4. The molecule has 8 nitrogen and oxygen atoms in total. The second-order valence-electron chi connectivity index (χ2n) is 6.88. The molecule has 0 aliphatic heterocycles. The fourth-order valence-corrected chi connectivity index (χ4v) is 4.99. The lowest BCUT2D eigenvalue weighted by molar-refractivity contribution is 0.400. The van der Waals surface area contributed by atoms with Crippen molar-refractivity contribution in [2.45, 2.75) is 38.0 Å². The Hall–Kier alpha value is -2.55. The first-order chi connectivity index (χ1) is 13.2. The highest BCUT2D eigenvalue weighted by Crippen LogP contribution is 2.32. The van der Waals surface area contributed by atoms with Crippen molar-refractivity contribution in [2.24, 2.45) is 11.8 Å². The van der Waals surface area contributed by atoms with E-state index in [0.29, 0.717) is 22.9 Å². The smallest absolute Gasteiger partial charge is 0.206 e. The second kappa shape index (κ2) is 8.64. The van der Waals surface area contributed by atoms with E-state index in [9.17, 15) is 13.5 Å². The number of rotatable bonds is 8. The third kappa shape index (κ3) is 3.99. The summed E-state index contributed by atoms with van der Waals surface area (Å²) < 4.78 is 38.6. The fourth-order valence-electron chi connectivity index (χ4n) is 2.92. The van der Waals surface area contributed by atoms with Crippen molar-refractivity contribution in [3.05, 3.63) is 36.2 Å². The molecule has 1 aromatic carbocycles. The molecule has 0 aliphatic rings. The van der Waals surface area contributed by atoms with E-state index in [1.54, 1.807) is 25.1 Å². The van der Waals surface area contributed by atoms with Crippen LogP contribution in [0.3, 0.4) is 0 Å². The van der Waals surface area contributed by atoms with Gasteiger partial charge in [-0.3, -0.25) is 0 Å². The van der Waals surface area contributed by atoms with E-state index in [0.717, 1.165) is 6.26 Å². The van der Waals surface area contributed by atoms with Crippen LogP contribution < -0.4 is 9.47 Å². The number of nitrogens with zero attached hydrogens (tertiary/aromatic N) is 3. The summed E-state index contributed by atoms with van der Waals surface area (Å²) in [6, 6.07) is 5.14. The minimum Gasteiger partial charge on any atom is -0.516 e. The third-order valence-electron chi connectivity index (χ3n) is 4.94. The number of hydrogen-bond donors (Lipinski definition) is 1. The molecule has 2 rings (SSSR count). The molecule has 1 N–H and O–H groups in total. The van der Waals surface area contributed by atoms with Gasteiger partial charge in [-0.05, 0) is 37.0 Å². The van der Waals surface area contributed by atoms with Crippen LogP contribution in [0.2, 0.25) is 0 Å². The maximum absolute atomic E-state index is 13.3. The maximum Gasteiger partial charge on any atom is 0.206 e. The zero-order chi connectivity index (χ0) is 21.1. The van der Waals surface area contributed by atoms with Crippen molar-refractivity contribution in [3.63, 3.8) is 0 Å². The van der Waals surface area contributed by atoms with E-state index < -0.39 is 15.1 Å². The SMILES string of the molecule is COc1ccc(OC)c(-n2nnc(S(=O)(=O)C(/C=C/O)C(C)C(C)C)c2C)c1. The molecule has 154 valence electrons. The Balaban J connectivity index is 2.61. The van der Waals surface area contributed by atoms with Crippen molar-refractivity contribution in [2.75, 3.05) is 14.2 Å². The maximum atomic E-state index is 13.3. The molecule has 0 spiro atoms. The van der Waals surface area contributed by atoms with E-state index in [1.165, 1.54) is 25.0 Å². The number of sulfone groups is 1. The molecule has 2 unspecified atom stereocenters. The number of methoxy groups -OCH3 is 2. The zero-order valence-electron chi connectivity index (χ0n) is 16.9. The molecular weight excluding hydrogens is 382 g/mol. The number of ether oxygens (including phenoxy) is 2. The van der Waals surface area contributed by atoms with Gasteiger partial charge >= 0.3 is 0 Å². The normalized spacial score (nSPS) is 14.4. The first-order valence-electron chi connectivity index (χ1n) is 8.88. The van der Waals surface area contributed by atoms with Crippen molar-refractivity contribution >= 4 is 9.84 Å². The standard InChI is InChI=1S/C19H27N3O5S/c1-12(2)13(3)18(9-10-23)28(24,25)19-14(4)22(21-20-19)16-11-15(26-5)7-8-17(16)27-6/h7-13,18,23H,1-6H3/b10-9+. The van der Waals surface area contributed by atoms with Crippen molar-refractivity contribution < 1.29 is 23.0 Å². The molecule has 28 heavy (non-hydrogen) atoms. The van der Waals surface area contributed by atoms with Gasteiger partial charge in [0.1, 0.15) is 17.2 Å². The summed E-state index contributed by atoms with van der Waals surface area (Å²) >= 11 is 0. The van der Waals surface area contributed by atoms with Crippen LogP contribution in [0.15, 0.2) is 35.6 Å². The molecule has 0 fully saturated rings. The predicted molar refractivity (Wildman–Crippen MR) is 106 cm³/mol. The van der Waals surface area contributed by atoms with E-state index in [-0.39, 0.29) is 16.9 Å². The van der Waals surface area contributed by atoms with E-state index in [1.807, 2.05) is 20.8 Å². The fraction of sp³-hybridized carbons (Fsp3) is 0.474. The summed E-state index contributed by atoms with van der Waals surface area (Å²) in [6.45, 7) is 7.33. The molecule has 9 heteroatoms. The average molecular weight is 410 g/mol. The molecule has 1 heterocycles. The highest BCUT2D eigenvalue weighted by Gasteiger charge is 2.36. The minimum absolute atomic E-state index is 0.0878. The highest BCUT2D eigenvalue weighted by molar-refractivity contribution is 7.92. The topological polar surface area (TPSA) is 104 Å². The summed E-state index contributed by atoms with van der Waals surface area (Å²) in [4.78, 5) is 0. The van der Waals surface area contributed by atoms with Gasteiger partial charge in [-0.25, -0.2) is 13.1 Å². The van der Waals surface area contributed by atoms with Crippen molar-refractivity contribution in [1.82, 2.24) is 15.0 Å². The summed E-state index contributed by atoms with van der Waals surface area (Å²) in [7, 11) is -0.822. The molecule has 0 saturated carbocycles. The summed E-state index contributed by atoms with van der Waals surface area (Å²) in [5.74, 6) is 0.929. The molecule has 0 aliphatic carbocycles. The van der Waals surface area contributed by atoms with Crippen molar-refractivity contribution in [3.8, 4) is 17.2 Å². The van der Waals surface area contributed by atoms with Gasteiger partial charge in [0.15, 0.2) is 0 Å².